The Labute approximate surface area is 184 Å². The van der Waals surface area contributed by atoms with Crippen LogP contribution in [0.1, 0.15) is 38.2 Å². The number of fused-ring (bicyclic) bond motifs is 1. The van der Waals surface area contributed by atoms with Crippen molar-refractivity contribution in [1.82, 2.24) is 20.2 Å². The fourth-order valence-corrected chi connectivity index (χ4v) is 4.73. The number of nitrogens with zero attached hydrogens (tertiary/aromatic N) is 2. The molecule has 0 saturated heterocycles. The van der Waals surface area contributed by atoms with Crippen LogP contribution in [-0.2, 0) is 6.54 Å². The largest absolute Gasteiger partial charge is 0.340 e. The van der Waals surface area contributed by atoms with Crippen molar-refractivity contribution in [3.05, 3.63) is 98.4 Å². The van der Waals surface area contributed by atoms with Gasteiger partial charge in [-0.3, -0.25) is 9.59 Å². The molecule has 0 radical (unpaired) electrons. The van der Waals surface area contributed by atoms with Gasteiger partial charge in [-0.25, -0.2) is 4.98 Å². The topological polar surface area (TPSA) is 78.1 Å². The number of thiophene rings is 1. The maximum absolute atomic E-state index is 13.3. The van der Waals surface area contributed by atoms with Gasteiger partial charge in [-0.1, -0.05) is 60.7 Å². The first kappa shape index (κ1) is 21.0. The summed E-state index contributed by atoms with van der Waals surface area (Å²) >= 11 is 1.26. The molecule has 0 aliphatic carbocycles. The van der Waals surface area contributed by atoms with Crippen LogP contribution in [-0.4, -0.2) is 34.9 Å². The predicted octanol–water partition coefficient (Wildman–Crippen LogP) is 3.87. The Morgan fingerprint density at radius 2 is 1.65 bits per heavy atom. The van der Waals surface area contributed by atoms with E-state index in [0.29, 0.717) is 33.0 Å². The minimum Gasteiger partial charge on any atom is -0.340 e. The second-order valence-corrected chi connectivity index (χ2v) is 8.71. The standard InChI is InChI=1S/C24H24N4O2S/c1-15-19-22(29)25-18(14-28(2)3)26-24(19)31-21(15)23(30)27-20(16-10-6-4-7-11-16)17-12-8-5-9-13-17/h4-13,20H,14H2,1-3H3,(H,27,30)(H,25,26,29). The normalized spacial score (nSPS) is 11.4. The van der Waals surface area contributed by atoms with E-state index in [2.05, 4.69) is 15.3 Å². The molecule has 2 aromatic carbocycles. The number of nitrogens with one attached hydrogen (secondary N) is 2. The molecule has 0 atom stereocenters. The lowest BCUT2D eigenvalue weighted by Crippen LogP contribution is -2.29. The highest BCUT2D eigenvalue weighted by atomic mass is 32.1. The average molecular weight is 433 g/mol. The third kappa shape index (κ3) is 4.42. The van der Waals surface area contributed by atoms with Gasteiger partial charge < -0.3 is 15.2 Å². The zero-order valence-electron chi connectivity index (χ0n) is 17.7. The summed E-state index contributed by atoms with van der Waals surface area (Å²) < 4.78 is 0. The Kier molecular flexibility index (Phi) is 5.97. The summed E-state index contributed by atoms with van der Waals surface area (Å²) in [5.74, 6) is 0.369. The number of carbonyl (C=O) groups excluding carboxylic acids is 1. The first-order chi connectivity index (χ1) is 14.9. The molecule has 2 heterocycles. The summed E-state index contributed by atoms with van der Waals surface area (Å²) in [6.07, 6.45) is 0. The summed E-state index contributed by atoms with van der Waals surface area (Å²) in [7, 11) is 3.83. The zero-order valence-corrected chi connectivity index (χ0v) is 18.5. The van der Waals surface area contributed by atoms with Gasteiger partial charge >= 0.3 is 0 Å². The quantitative estimate of drug-likeness (QED) is 0.485. The molecule has 0 saturated carbocycles. The maximum atomic E-state index is 13.3. The fourth-order valence-electron chi connectivity index (χ4n) is 3.63. The minimum atomic E-state index is -0.296. The number of benzene rings is 2. The molecule has 2 N–H and O–H groups in total. The van der Waals surface area contributed by atoms with Crippen LogP contribution in [0.4, 0.5) is 0 Å². The fraction of sp³-hybridized carbons (Fsp3) is 0.208. The number of aromatic nitrogens is 2. The van der Waals surface area contributed by atoms with E-state index in [1.165, 1.54) is 11.3 Å². The first-order valence-electron chi connectivity index (χ1n) is 10.0. The van der Waals surface area contributed by atoms with Crippen molar-refractivity contribution in [2.24, 2.45) is 0 Å². The summed E-state index contributed by atoms with van der Waals surface area (Å²) in [4.78, 5) is 36.4. The third-order valence-corrected chi connectivity index (χ3v) is 6.25. The molecule has 0 spiro atoms. The van der Waals surface area contributed by atoms with E-state index >= 15 is 0 Å². The van der Waals surface area contributed by atoms with Crippen molar-refractivity contribution < 1.29 is 4.79 Å². The molecule has 0 bridgehead atoms. The van der Waals surface area contributed by atoms with Crippen molar-refractivity contribution in [3.63, 3.8) is 0 Å². The molecule has 0 fully saturated rings. The van der Waals surface area contributed by atoms with Crippen LogP contribution in [0.2, 0.25) is 0 Å². The van der Waals surface area contributed by atoms with Crippen molar-refractivity contribution in [1.29, 1.82) is 0 Å². The van der Waals surface area contributed by atoms with Crippen LogP contribution in [0, 0.1) is 6.92 Å². The van der Waals surface area contributed by atoms with Crippen LogP contribution in [0.25, 0.3) is 10.2 Å². The Morgan fingerprint density at radius 1 is 1.06 bits per heavy atom. The van der Waals surface area contributed by atoms with Crippen molar-refractivity contribution in [2.45, 2.75) is 19.5 Å². The maximum Gasteiger partial charge on any atom is 0.262 e. The van der Waals surface area contributed by atoms with Gasteiger partial charge in [0.1, 0.15) is 10.7 Å². The van der Waals surface area contributed by atoms with E-state index in [1.807, 2.05) is 79.7 Å². The van der Waals surface area contributed by atoms with Crippen LogP contribution in [0.5, 0.6) is 0 Å². The lowest BCUT2D eigenvalue weighted by atomic mass is 9.98. The van der Waals surface area contributed by atoms with Gasteiger partial charge in [0.05, 0.1) is 22.8 Å². The van der Waals surface area contributed by atoms with E-state index in [1.54, 1.807) is 6.92 Å². The molecule has 1 amide bonds. The van der Waals surface area contributed by atoms with Crippen molar-refractivity contribution in [3.8, 4) is 0 Å². The number of hydrogen-bond donors (Lipinski definition) is 2. The molecule has 31 heavy (non-hydrogen) atoms. The second-order valence-electron chi connectivity index (χ2n) is 7.71. The SMILES string of the molecule is Cc1c(C(=O)NC(c2ccccc2)c2ccccc2)sc2nc(CN(C)C)[nH]c(=O)c12. The highest BCUT2D eigenvalue weighted by Gasteiger charge is 2.23. The smallest absolute Gasteiger partial charge is 0.262 e. The van der Waals surface area contributed by atoms with Gasteiger partial charge in [0.2, 0.25) is 0 Å². The number of H-pyrrole nitrogens is 1. The number of rotatable bonds is 6. The van der Waals surface area contributed by atoms with E-state index in [9.17, 15) is 9.59 Å². The third-order valence-electron chi connectivity index (χ3n) is 5.06. The summed E-state index contributed by atoms with van der Waals surface area (Å²) in [5, 5.41) is 3.64. The molecule has 7 heteroatoms. The summed E-state index contributed by atoms with van der Waals surface area (Å²) in [6.45, 7) is 2.32. The van der Waals surface area contributed by atoms with Gasteiger partial charge in [0.15, 0.2) is 0 Å². The molecular weight excluding hydrogens is 408 g/mol. The predicted molar refractivity (Wildman–Crippen MR) is 125 cm³/mol. The van der Waals surface area contributed by atoms with Gasteiger partial charge in [0.25, 0.3) is 11.5 Å². The van der Waals surface area contributed by atoms with Gasteiger partial charge in [-0.15, -0.1) is 11.3 Å². The molecule has 0 aliphatic rings. The molecule has 6 nitrogen and oxygen atoms in total. The number of carbonyl (C=O) groups is 1. The Balaban J connectivity index is 1.72. The van der Waals surface area contributed by atoms with Crippen LogP contribution in [0.3, 0.4) is 0 Å². The minimum absolute atomic E-state index is 0.211. The Bertz CT molecular complexity index is 1220. The number of amides is 1. The Hall–Kier alpha value is -3.29. The van der Waals surface area contributed by atoms with Crippen LogP contribution >= 0.6 is 11.3 Å². The molecule has 0 aliphatic heterocycles. The molecule has 0 unspecified atom stereocenters. The molecule has 158 valence electrons. The number of hydrogen-bond acceptors (Lipinski definition) is 5. The first-order valence-corrected chi connectivity index (χ1v) is 10.8. The second kappa shape index (κ2) is 8.83. The lowest BCUT2D eigenvalue weighted by Gasteiger charge is -2.19. The van der Waals surface area contributed by atoms with Crippen molar-refractivity contribution >= 4 is 27.5 Å². The Morgan fingerprint density at radius 3 is 2.19 bits per heavy atom. The van der Waals surface area contributed by atoms with E-state index in [4.69, 9.17) is 0 Å². The van der Waals surface area contributed by atoms with Crippen LogP contribution < -0.4 is 10.9 Å². The molecule has 4 rings (SSSR count). The molecular formula is C24H24N4O2S. The van der Waals surface area contributed by atoms with E-state index in [0.717, 1.165) is 11.1 Å². The van der Waals surface area contributed by atoms with Crippen molar-refractivity contribution in [2.75, 3.05) is 14.1 Å². The van der Waals surface area contributed by atoms with Gasteiger partial charge in [-0.05, 0) is 37.7 Å². The van der Waals surface area contributed by atoms with Gasteiger partial charge in [-0.2, -0.15) is 0 Å². The van der Waals surface area contributed by atoms with E-state index < -0.39 is 0 Å². The number of aryl methyl sites for hydroxylation is 1. The highest BCUT2D eigenvalue weighted by molar-refractivity contribution is 7.20. The summed E-state index contributed by atoms with van der Waals surface area (Å²) in [6, 6.07) is 19.4. The van der Waals surface area contributed by atoms with Crippen LogP contribution in [0.15, 0.2) is 65.5 Å². The molecule has 2 aromatic heterocycles. The lowest BCUT2D eigenvalue weighted by molar-refractivity contribution is 0.0946. The molecule has 4 aromatic rings. The summed E-state index contributed by atoms with van der Waals surface area (Å²) in [5.41, 5.74) is 2.43. The zero-order chi connectivity index (χ0) is 22.0. The van der Waals surface area contributed by atoms with Gasteiger partial charge in [0, 0.05) is 0 Å². The number of aromatic amines is 1. The van der Waals surface area contributed by atoms with E-state index in [-0.39, 0.29) is 17.5 Å². The monoisotopic (exact) mass is 432 g/mol. The highest BCUT2D eigenvalue weighted by Crippen LogP contribution is 2.29. The average Bonchev–Trinajstić information content (AvgIpc) is 3.09.